The van der Waals surface area contributed by atoms with Crippen molar-refractivity contribution in [3.8, 4) is 0 Å². The molecule has 118 valence electrons. The molecule has 1 saturated carbocycles. The van der Waals surface area contributed by atoms with Crippen LogP contribution < -0.4 is 11.1 Å². The number of rotatable bonds is 10. The van der Waals surface area contributed by atoms with Crippen molar-refractivity contribution in [3.05, 3.63) is 0 Å². The largest absolute Gasteiger partial charge is 0.385 e. The third kappa shape index (κ3) is 5.04. The minimum absolute atomic E-state index is 0.0554. The maximum atomic E-state index is 12.1. The Hall–Kier alpha value is -0.650. The predicted molar refractivity (Wildman–Crippen MR) is 81.6 cm³/mol. The molecule has 0 spiro atoms. The van der Waals surface area contributed by atoms with Crippen molar-refractivity contribution in [1.29, 1.82) is 0 Å². The van der Waals surface area contributed by atoms with E-state index in [1.807, 2.05) is 0 Å². The van der Waals surface area contributed by atoms with Gasteiger partial charge in [0.1, 0.15) is 0 Å². The number of hydrogen-bond acceptors (Lipinski definition) is 4. The summed E-state index contributed by atoms with van der Waals surface area (Å²) in [5, 5.41) is 2.97. The summed E-state index contributed by atoms with van der Waals surface area (Å²) in [4.78, 5) is 14.4. The summed E-state index contributed by atoms with van der Waals surface area (Å²) in [6, 6.07) is 0. The number of amides is 1. The van der Waals surface area contributed by atoms with Gasteiger partial charge in [-0.1, -0.05) is 19.8 Å². The third-order valence-corrected chi connectivity index (χ3v) is 4.26. The van der Waals surface area contributed by atoms with Gasteiger partial charge in [0, 0.05) is 32.3 Å². The first kappa shape index (κ1) is 17.4. The molecular weight excluding hydrogens is 254 g/mol. The standard InChI is InChI=1S/C15H31N3O2/c1-3-10-18(15(13-16)7-4-5-8-15)12-14(19)17-9-6-11-20-2/h3-13,16H2,1-2H3,(H,17,19). The van der Waals surface area contributed by atoms with Crippen LogP contribution >= 0.6 is 0 Å². The summed E-state index contributed by atoms with van der Waals surface area (Å²) in [6.45, 7) is 5.60. The van der Waals surface area contributed by atoms with Gasteiger partial charge in [-0.3, -0.25) is 9.69 Å². The van der Waals surface area contributed by atoms with E-state index in [4.69, 9.17) is 10.5 Å². The van der Waals surface area contributed by atoms with Crippen LogP contribution in [0.15, 0.2) is 0 Å². The Bertz CT molecular complexity index is 278. The van der Waals surface area contributed by atoms with Crippen molar-refractivity contribution in [2.75, 3.05) is 39.9 Å². The molecule has 0 aliphatic heterocycles. The van der Waals surface area contributed by atoms with E-state index < -0.39 is 0 Å². The normalized spacial score (nSPS) is 17.6. The monoisotopic (exact) mass is 285 g/mol. The van der Waals surface area contributed by atoms with E-state index in [0.717, 1.165) is 32.2 Å². The van der Waals surface area contributed by atoms with Gasteiger partial charge in [0.25, 0.3) is 0 Å². The Kier molecular flexibility index (Phi) is 8.11. The molecule has 1 aliphatic rings. The second kappa shape index (κ2) is 9.32. The Morgan fingerprint density at radius 2 is 2.10 bits per heavy atom. The van der Waals surface area contributed by atoms with Gasteiger partial charge in [-0.15, -0.1) is 0 Å². The average molecular weight is 285 g/mol. The average Bonchev–Trinajstić information content (AvgIpc) is 2.93. The van der Waals surface area contributed by atoms with Crippen LogP contribution in [0.2, 0.25) is 0 Å². The summed E-state index contributed by atoms with van der Waals surface area (Å²) >= 11 is 0. The molecule has 3 N–H and O–H groups in total. The molecule has 5 nitrogen and oxygen atoms in total. The fourth-order valence-corrected chi connectivity index (χ4v) is 3.11. The summed E-state index contributed by atoms with van der Waals surface area (Å²) in [5.41, 5.74) is 6.08. The molecule has 0 unspecified atom stereocenters. The van der Waals surface area contributed by atoms with Gasteiger partial charge in [0.15, 0.2) is 0 Å². The molecule has 5 heteroatoms. The van der Waals surface area contributed by atoms with Crippen molar-refractivity contribution < 1.29 is 9.53 Å². The van der Waals surface area contributed by atoms with Crippen LogP contribution in [0.4, 0.5) is 0 Å². The van der Waals surface area contributed by atoms with Crippen molar-refractivity contribution >= 4 is 5.91 Å². The maximum Gasteiger partial charge on any atom is 0.234 e. The fraction of sp³-hybridized carbons (Fsp3) is 0.933. The SMILES string of the molecule is CCCN(CC(=O)NCCCOC)C1(CN)CCCC1. The summed E-state index contributed by atoms with van der Waals surface area (Å²) in [6.07, 6.45) is 6.62. The number of carbonyl (C=O) groups is 1. The zero-order valence-corrected chi connectivity index (χ0v) is 13.1. The molecule has 1 amide bonds. The quantitative estimate of drug-likeness (QED) is 0.590. The maximum absolute atomic E-state index is 12.1. The Balaban J connectivity index is 2.47. The number of nitrogens with two attached hydrogens (primary N) is 1. The lowest BCUT2D eigenvalue weighted by molar-refractivity contribution is -0.123. The van der Waals surface area contributed by atoms with Crippen molar-refractivity contribution in [3.63, 3.8) is 0 Å². The van der Waals surface area contributed by atoms with Crippen LogP contribution in [0.1, 0.15) is 45.4 Å². The molecule has 1 fully saturated rings. The van der Waals surface area contributed by atoms with Crippen molar-refractivity contribution in [1.82, 2.24) is 10.2 Å². The molecule has 0 aromatic rings. The van der Waals surface area contributed by atoms with E-state index in [-0.39, 0.29) is 11.4 Å². The molecule has 1 aliphatic carbocycles. The van der Waals surface area contributed by atoms with Crippen molar-refractivity contribution in [2.45, 2.75) is 51.0 Å². The highest BCUT2D eigenvalue weighted by atomic mass is 16.5. The molecule has 1 rings (SSSR count). The predicted octanol–water partition coefficient (Wildman–Crippen LogP) is 1.12. The molecular formula is C15H31N3O2. The van der Waals surface area contributed by atoms with Crippen LogP contribution in [-0.2, 0) is 9.53 Å². The molecule has 0 heterocycles. The molecule has 0 saturated heterocycles. The van der Waals surface area contributed by atoms with Crippen LogP contribution in [-0.4, -0.2) is 56.2 Å². The third-order valence-electron chi connectivity index (χ3n) is 4.26. The molecule has 0 aromatic heterocycles. The van der Waals surface area contributed by atoms with E-state index in [2.05, 4.69) is 17.1 Å². The first-order valence-electron chi connectivity index (χ1n) is 7.89. The van der Waals surface area contributed by atoms with Gasteiger partial charge in [0.05, 0.1) is 6.54 Å². The van der Waals surface area contributed by atoms with Gasteiger partial charge >= 0.3 is 0 Å². The van der Waals surface area contributed by atoms with Crippen LogP contribution in [0.3, 0.4) is 0 Å². The Labute approximate surface area is 123 Å². The molecule has 0 bridgehead atoms. The minimum atomic E-state index is 0.0554. The highest BCUT2D eigenvalue weighted by Gasteiger charge is 2.38. The van der Waals surface area contributed by atoms with Crippen molar-refractivity contribution in [2.24, 2.45) is 5.73 Å². The van der Waals surface area contributed by atoms with Crippen LogP contribution in [0.5, 0.6) is 0 Å². The summed E-state index contributed by atoms with van der Waals surface area (Å²) < 4.78 is 4.98. The Morgan fingerprint density at radius 1 is 1.40 bits per heavy atom. The lowest BCUT2D eigenvalue weighted by Gasteiger charge is -2.40. The van der Waals surface area contributed by atoms with Gasteiger partial charge < -0.3 is 15.8 Å². The van der Waals surface area contributed by atoms with Gasteiger partial charge in [-0.2, -0.15) is 0 Å². The highest BCUT2D eigenvalue weighted by molar-refractivity contribution is 5.78. The first-order valence-corrected chi connectivity index (χ1v) is 7.89. The number of nitrogens with one attached hydrogen (secondary N) is 1. The topological polar surface area (TPSA) is 67.6 Å². The Morgan fingerprint density at radius 3 is 2.65 bits per heavy atom. The number of carbonyl (C=O) groups excluding carboxylic acids is 1. The zero-order chi connectivity index (χ0) is 14.8. The van der Waals surface area contributed by atoms with E-state index >= 15 is 0 Å². The van der Waals surface area contributed by atoms with Crippen LogP contribution in [0, 0.1) is 0 Å². The highest BCUT2D eigenvalue weighted by Crippen LogP contribution is 2.34. The molecule has 20 heavy (non-hydrogen) atoms. The van der Waals surface area contributed by atoms with E-state index in [0.29, 0.717) is 26.2 Å². The smallest absolute Gasteiger partial charge is 0.234 e. The summed E-state index contributed by atoms with van der Waals surface area (Å²) in [7, 11) is 1.68. The molecule has 0 aromatic carbocycles. The van der Waals surface area contributed by atoms with Crippen LogP contribution in [0.25, 0.3) is 0 Å². The second-order valence-corrected chi connectivity index (χ2v) is 5.75. The lowest BCUT2D eigenvalue weighted by Crippen LogP contribution is -2.55. The number of hydrogen-bond donors (Lipinski definition) is 2. The second-order valence-electron chi connectivity index (χ2n) is 5.75. The molecule has 0 radical (unpaired) electrons. The fourth-order valence-electron chi connectivity index (χ4n) is 3.11. The lowest BCUT2D eigenvalue weighted by atomic mass is 9.94. The van der Waals surface area contributed by atoms with E-state index in [9.17, 15) is 4.79 Å². The molecule has 0 atom stereocenters. The first-order chi connectivity index (χ1) is 9.68. The zero-order valence-electron chi connectivity index (χ0n) is 13.1. The summed E-state index contributed by atoms with van der Waals surface area (Å²) in [5.74, 6) is 0.106. The number of methoxy groups -OCH3 is 1. The van der Waals surface area contributed by atoms with E-state index in [1.165, 1.54) is 12.8 Å². The van der Waals surface area contributed by atoms with Gasteiger partial charge in [0.2, 0.25) is 5.91 Å². The number of nitrogens with zero attached hydrogens (tertiary/aromatic N) is 1. The number of ether oxygens (including phenoxy) is 1. The van der Waals surface area contributed by atoms with Gasteiger partial charge in [-0.05, 0) is 32.2 Å². The minimum Gasteiger partial charge on any atom is -0.385 e. The van der Waals surface area contributed by atoms with E-state index in [1.54, 1.807) is 7.11 Å². The van der Waals surface area contributed by atoms with Gasteiger partial charge in [-0.25, -0.2) is 0 Å².